The van der Waals surface area contributed by atoms with E-state index in [9.17, 15) is 28.8 Å². The van der Waals surface area contributed by atoms with Crippen molar-refractivity contribution in [1.29, 1.82) is 0 Å². The summed E-state index contributed by atoms with van der Waals surface area (Å²) in [5, 5.41) is 12.0. The molecule has 0 spiro atoms. The minimum absolute atomic E-state index is 0. The molecular formula is C52H69N5O6W. The van der Waals surface area contributed by atoms with E-state index in [0.717, 1.165) is 29.9 Å². The Morgan fingerprint density at radius 2 is 1.12 bits per heavy atom. The van der Waals surface area contributed by atoms with Crippen LogP contribution in [0.4, 0.5) is 0 Å². The van der Waals surface area contributed by atoms with Crippen LogP contribution < -0.4 is 16.0 Å². The number of nitrogens with zero attached hydrogens (tertiary/aromatic N) is 2. The van der Waals surface area contributed by atoms with Gasteiger partial charge in [-0.3, -0.25) is 24.0 Å². The van der Waals surface area contributed by atoms with Crippen molar-refractivity contribution in [3.05, 3.63) is 150 Å². The van der Waals surface area contributed by atoms with E-state index in [4.69, 9.17) is 0 Å². The summed E-state index contributed by atoms with van der Waals surface area (Å²) in [5.41, 5.74) is 4.15. The second-order valence-corrected chi connectivity index (χ2v) is 15.5. The molecule has 11 nitrogen and oxygen atoms in total. The molecule has 2 aliphatic carbocycles. The summed E-state index contributed by atoms with van der Waals surface area (Å²) >= 11 is 0. The van der Waals surface area contributed by atoms with Crippen LogP contribution in [0.2, 0.25) is 0 Å². The third kappa shape index (κ3) is 21.0. The maximum Gasteiger partial charge on any atom is 2.00 e. The van der Waals surface area contributed by atoms with Gasteiger partial charge < -0.3 is 31.0 Å². The van der Waals surface area contributed by atoms with Crippen molar-refractivity contribution in [3.8, 4) is 0 Å². The third-order valence-electron chi connectivity index (χ3n) is 10.4. The Kier molecular flexibility index (Phi) is 28.0. The van der Waals surface area contributed by atoms with Crippen molar-refractivity contribution in [2.75, 3.05) is 20.1 Å². The van der Waals surface area contributed by atoms with Gasteiger partial charge in [0.2, 0.25) is 5.91 Å². The first-order chi connectivity index (χ1) is 30.3. The van der Waals surface area contributed by atoms with Crippen LogP contribution in [-0.2, 0) is 35.4 Å². The van der Waals surface area contributed by atoms with Gasteiger partial charge in [0.15, 0.2) is 11.6 Å². The average Bonchev–Trinajstić information content (AvgIpc) is 3.30. The minimum atomic E-state index is -0.610. The molecule has 3 aromatic rings. The predicted octanol–water partition coefficient (Wildman–Crippen LogP) is 9.38. The summed E-state index contributed by atoms with van der Waals surface area (Å²) in [5.74, 6) is 0.0685. The summed E-state index contributed by atoms with van der Waals surface area (Å²) in [6, 6.07) is 26.1. The van der Waals surface area contributed by atoms with Crippen LogP contribution in [0.25, 0.3) is 5.32 Å². The Hall–Kier alpha value is -5.25. The molecule has 0 aromatic heterocycles. The topological polar surface area (TPSA) is 156 Å². The monoisotopic (exact) mass is 1040 g/mol. The molecule has 2 aliphatic heterocycles. The van der Waals surface area contributed by atoms with Gasteiger partial charge in [0.05, 0.1) is 12.1 Å². The number of piperidine rings is 2. The fourth-order valence-electron chi connectivity index (χ4n) is 6.66. The number of carbonyl (C=O) groups is 6. The van der Waals surface area contributed by atoms with Crippen molar-refractivity contribution < 1.29 is 49.8 Å². The number of nitrogens with one attached hydrogen (secondary N) is 3. The average molecular weight is 1040 g/mol. The van der Waals surface area contributed by atoms with Gasteiger partial charge in [-0.2, -0.15) is 0 Å². The molecule has 4 amide bonds. The molecule has 0 radical (unpaired) electrons. The van der Waals surface area contributed by atoms with Gasteiger partial charge in [-0.05, 0) is 107 Å². The minimum Gasteiger partial charge on any atom is -0.684 e. The molecule has 4 fully saturated rings. The zero-order chi connectivity index (χ0) is 46.7. The number of likely N-dealkylation sites (tertiary alicyclic amines) is 1. The van der Waals surface area contributed by atoms with Crippen molar-refractivity contribution in [1.82, 2.24) is 20.9 Å². The first-order valence-electron chi connectivity index (χ1n) is 22.3. The van der Waals surface area contributed by atoms with E-state index in [1.807, 2.05) is 39.8 Å². The third-order valence-corrected chi connectivity index (χ3v) is 10.4. The molecular weight excluding hydrogens is 974 g/mol. The number of rotatable bonds is 6. The maximum atomic E-state index is 11.9. The molecule has 64 heavy (non-hydrogen) atoms. The predicted molar refractivity (Wildman–Crippen MR) is 253 cm³/mol. The standard InChI is InChI=1S/2C14H15NO2.C13H13N2O2.C7H15N.2C2H6.W/c2*1-10-7-8-12(13(16)9-10)15-14(17)11-5-3-2-4-6-11;1-9-7-8-11(13(17)14-9)15-12(16)10-5-3-2-4-6-10;1-7-3-5-8(2)6-4-7;2*1-2;/h2*2-6,12H,1,7-9H2,(H,15,17);2-5,11H,1,7-8H2,(H2,14,15,16,17);7H,3-6H2,1-2H3;2*1-2H3;/q;;-1;;;;+2/p-1. The maximum absolute atomic E-state index is 11.9. The number of carbonyl (C=O) groups excluding carboxylic acids is 6. The van der Waals surface area contributed by atoms with Crippen LogP contribution in [0.1, 0.15) is 130 Å². The molecule has 4 aliphatic rings. The van der Waals surface area contributed by atoms with Gasteiger partial charge in [-0.15, -0.1) is 35.9 Å². The van der Waals surface area contributed by atoms with E-state index >= 15 is 0 Å². The first kappa shape index (κ1) is 56.8. The molecule has 2 saturated carbocycles. The molecule has 2 heterocycles. The molecule has 7 rings (SSSR count). The van der Waals surface area contributed by atoms with E-state index in [2.05, 4.69) is 65.9 Å². The van der Waals surface area contributed by atoms with E-state index in [0.29, 0.717) is 60.9 Å². The Bertz CT molecular complexity index is 1730. The second kappa shape index (κ2) is 31.6. The molecule has 12 heteroatoms. The van der Waals surface area contributed by atoms with Crippen LogP contribution in [-0.4, -0.2) is 78.4 Å². The van der Waals surface area contributed by atoms with E-state index in [1.165, 1.54) is 25.9 Å². The van der Waals surface area contributed by atoms with E-state index in [1.54, 1.807) is 72.8 Å². The Morgan fingerprint density at radius 1 is 0.672 bits per heavy atom. The summed E-state index contributed by atoms with van der Waals surface area (Å²) < 4.78 is 0. The van der Waals surface area contributed by atoms with Gasteiger partial charge in [0.25, 0.3) is 11.8 Å². The molecule has 3 atom stereocenters. The first-order valence-corrected chi connectivity index (χ1v) is 22.3. The Morgan fingerprint density at radius 3 is 1.52 bits per heavy atom. The summed E-state index contributed by atoms with van der Waals surface area (Å²) in [7, 11) is 2.20. The Balaban J connectivity index is 0.000000424. The molecule has 3 unspecified atom stereocenters. The van der Waals surface area contributed by atoms with Crippen LogP contribution >= 0.6 is 0 Å². The van der Waals surface area contributed by atoms with Gasteiger partial charge in [0.1, 0.15) is 0 Å². The van der Waals surface area contributed by atoms with Gasteiger partial charge in [-0.1, -0.05) is 108 Å². The van der Waals surface area contributed by atoms with Crippen LogP contribution in [0, 0.1) is 12.0 Å². The second-order valence-electron chi connectivity index (χ2n) is 15.5. The number of hydrogen-bond donors (Lipinski definition) is 3. The number of ketones is 2. The van der Waals surface area contributed by atoms with Gasteiger partial charge in [-0.25, -0.2) is 0 Å². The normalized spacial score (nSPS) is 19.4. The number of benzene rings is 3. The fourth-order valence-corrected chi connectivity index (χ4v) is 6.66. The number of Topliss-reactive ketones (excluding diaryl/α,β-unsaturated/α-hetero) is 2. The van der Waals surface area contributed by atoms with Crippen LogP contribution in [0.15, 0.2) is 122 Å². The van der Waals surface area contributed by atoms with Crippen molar-refractivity contribution >= 4 is 35.2 Å². The van der Waals surface area contributed by atoms with Crippen molar-refractivity contribution in [2.24, 2.45) is 5.92 Å². The van der Waals surface area contributed by atoms with Crippen molar-refractivity contribution in [3.63, 3.8) is 0 Å². The van der Waals surface area contributed by atoms with E-state index < -0.39 is 11.9 Å². The summed E-state index contributed by atoms with van der Waals surface area (Å²) in [6.07, 6.45) is 7.71. The largest absolute Gasteiger partial charge is 2.00 e. The molecule has 344 valence electrons. The molecule has 3 N–H and O–H groups in total. The van der Waals surface area contributed by atoms with E-state index in [-0.39, 0.29) is 62.4 Å². The quantitative estimate of drug-likeness (QED) is 0.164. The molecule has 2 saturated heterocycles. The number of allylic oxidation sites excluding steroid dienone is 3. The fraction of sp³-hybridized carbons (Fsp3) is 0.423. The molecule has 3 aromatic carbocycles. The SMILES string of the molecule is C=C1CCC(NC(=O)c2ccccc2)C(=O)C1.C=C1CCC(NC(=O)c2ccccc2)C(=O)C1.C=C1CCC([N-]C(=O)c2[c-]cccc2)C(=O)N1.CC.CC.CC1CCN(C)CC1.[W+2]. The summed E-state index contributed by atoms with van der Waals surface area (Å²) in [4.78, 5) is 72.8. The zero-order valence-electron chi connectivity index (χ0n) is 38.8. The van der Waals surface area contributed by atoms with Crippen molar-refractivity contribution in [2.45, 2.75) is 117 Å². The number of hydrogen-bond acceptors (Lipinski definition) is 7. The Labute approximate surface area is 396 Å². The van der Waals surface area contributed by atoms with Crippen LogP contribution in [0.5, 0.6) is 0 Å². The van der Waals surface area contributed by atoms with Gasteiger partial charge >= 0.3 is 21.1 Å². The molecule has 0 bridgehead atoms. The smallest absolute Gasteiger partial charge is 0.684 e. The summed E-state index contributed by atoms with van der Waals surface area (Å²) in [6.45, 7) is 24.2. The number of amides is 4. The van der Waals surface area contributed by atoms with Crippen LogP contribution in [0.3, 0.4) is 0 Å². The zero-order valence-corrected chi connectivity index (χ0v) is 41.7. The van der Waals surface area contributed by atoms with Gasteiger partial charge in [0, 0.05) is 29.7 Å².